The van der Waals surface area contributed by atoms with Gasteiger partial charge in [0.05, 0.1) is 12.3 Å². The van der Waals surface area contributed by atoms with Crippen molar-refractivity contribution in [2.75, 3.05) is 6.61 Å². The monoisotopic (exact) mass is 270 g/mol. The van der Waals surface area contributed by atoms with Gasteiger partial charge in [0.15, 0.2) is 0 Å². The van der Waals surface area contributed by atoms with E-state index in [2.05, 4.69) is 17.2 Å². The zero-order valence-corrected chi connectivity index (χ0v) is 11.7. The number of aryl methyl sites for hydroxylation is 1. The second-order valence-electron chi connectivity index (χ2n) is 4.30. The lowest BCUT2D eigenvalue weighted by Gasteiger charge is -2.02. The molecule has 2 aromatic rings. The fourth-order valence-electron chi connectivity index (χ4n) is 1.76. The first kappa shape index (κ1) is 14.1. The third kappa shape index (κ3) is 3.57. The molecule has 0 aliphatic heterocycles. The van der Waals surface area contributed by atoms with Crippen molar-refractivity contribution in [2.45, 2.75) is 20.3 Å². The fourth-order valence-corrected chi connectivity index (χ4v) is 1.76. The molecule has 0 unspecified atom stereocenters. The molecule has 2 aromatic carbocycles. The van der Waals surface area contributed by atoms with Gasteiger partial charge in [0.25, 0.3) is 0 Å². The van der Waals surface area contributed by atoms with Crippen LogP contribution in [0.5, 0.6) is 11.5 Å². The van der Waals surface area contributed by atoms with E-state index in [0.717, 1.165) is 23.4 Å². The molecule has 0 heterocycles. The fraction of sp³-hybridized carbons (Fsp3) is 0.250. The van der Waals surface area contributed by atoms with E-state index in [9.17, 15) is 5.11 Å². The van der Waals surface area contributed by atoms with Crippen LogP contribution < -0.4 is 4.74 Å². The number of azo groups is 1. The molecule has 0 aliphatic carbocycles. The van der Waals surface area contributed by atoms with E-state index in [1.54, 1.807) is 6.07 Å². The highest BCUT2D eigenvalue weighted by atomic mass is 16.5. The van der Waals surface area contributed by atoms with E-state index in [1.165, 1.54) is 0 Å². The molecule has 0 bridgehead atoms. The molecule has 0 saturated carbocycles. The van der Waals surface area contributed by atoms with Crippen LogP contribution in [-0.4, -0.2) is 11.7 Å². The van der Waals surface area contributed by atoms with Crippen LogP contribution in [-0.2, 0) is 6.42 Å². The molecule has 0 aliphatic rings. The maximum Gasteiger partial charge on any atom is 0.143 e. The van der Waals surface area contributed by atoms with Gasteiger partial charge in [-0.05, 0) is 55.3 Å². The van der Waals surface area contributed by atoms with E-state index in [-0.39, 0.29) is 5.75 Å². The highest BCUT2D eigenvalue weighted by Crippen LogP contribution is 2.29. The first-order valence-electron chi connectivity index (χ1n) is 6.69. The van der Waals surface area contributed by atoms with Crippen molar-refractivity contribution in [3.8, 4) is 11.5 Å². The van der Waals surface area contributed by atoms with Crippen LogP contribution in [0, 0.1) is 0 Å². The lowest BCUT2D eigenvalue weighted by Crippen LogP contribution is -1.89. The summed E-state index contributed by atoms with van der Waals surface area (Å²) in [6, 6.07) is 12.7. The molecule has 2 rings (SSSR count). The Hall–Kier alpha value is -2.36. The van der Waals surface area contributed by atoms with Gasteiger partial charge in [-0.25, -0.2) is 0 Å². The Labute approximate surface area is 118 Å². The minimum atomic E-state index is 0.136. The lowest BCUT2D eigenvalue weighted by atomic mass is 10.1. The summed E-state index contributed by atoms with van der Waals surface area (Å²) in [6.07, 6.45) is 0.895. The second kappa shape index (κ2) is 6.70. The Kier molecular flexibility index (Phi) is 4.71. The number of ether oxygens (including phenoxy) is 1. The van der Waals surface area contributed by atoms with Crippen molar-refractivity contribution in [2.24, 2.45) is 10.2 Å². The summed E-state index contributed by atoms with van der Waals surface area (Å²) in [7, 11) is 0. The van der Waals surface area contributed by atoms with Gasteiger partial charge in [-0.15, -0.1) is 5.11 Å². The number of phenolic OH excluding ortho intramolecular Hbond substituents is 1. The lowest BCUT2D eigenvalue weighted by molar-refractivity contribution is 0.340. The standard InChI is InChI=1S/C16H18N2O2/c1-3-12-5-10-16(19)15(11-12)18-17-13-6-8-14(9-7-13)20-4-2/h5-11,19H,3-4H2,1-2H3. The first-order valence-corrected chi connectivity index (χ1v) is 6.69. The average Bonchev–Trinajstić information content (AvgIpc) is 2.48. The van der Waals surface area contributed by atoms with Crippen LogP contribution in [0.25, 0.3) is 0 Å². The van der Waals surface area contributed by atoms with Crippen molar-refractivity contribution < 1.29 is 9.84 Å². The summed E-state index contributed by atoms with van der Waals surface area (Å²) in [5.41, 5.74) is 2.32. The Balaban J connectivity index is 2.16. The Morgan fingerprint density at radius 1 is 1.00 bits per heavy atom. The number of rotatable bonds is 5. The second-order valence-corrected chi connectivity index (χ2v) is 4.30. The van der Waals surface area contributed by atoms with Crippen molar-refractivity contribution >= 4 is 11.4 Å². The SMILES string of the molecule is CCOc1ccc(N=Nc2cc(CC)ccc2O)cc1. The van der Waals surface area contributed by atoms with Crippen LogP contribution in [0.3, 0.4) is 0 Å². The zero-order valence-electron chi connectivity index (χ0n) is 11.7. The van der Waals surface area contributed by atoms with E-state index in [1.807, 2.05) is 43.3 Å². The number of phenols is 1. The predicted molar refractivity (Wildman–Crippen MR) is 79.3 cm³/mol. The average molecular weight is 270 g/mol. The first-order chi connectivity index (χ1) is 9.72. The maximum atomic E-state index is 9.75. The molecular weight excluding hydrogens is 252 g/mol. The summed E-state index contributed by atoms with van der Waals surface area (Å²) in [6.45, 7) is 4.63. The summed E-state index contributed by atoms with van der Waals surface area (Å²) in [4.78, 5) is 0. The number of nitrogens with zero attached hydrogens (tertiary/aromatic N) is 2. The van der Waals surface area contributed by atoms with E-state index in [4.69, 9.17) is 4.74 Å². The molecule has 1 N–H and O–H groups in total. The quantitative estimate of drug-likeness (QED) is 0.796. The Morgan fingerprint density at radius 3 is 2.40 bits per heavy atom. The smallest absolute Gasteiger partial charge is 0.143 e. The van der Waals surface area contributed by atoms with E-state index < -0.39 is 0 Å². The topological polar surface area (TPSA) is 54.2 Å². The van der Waals surface area contributed by atoms with Gasteiger partial charge >= 0.3 is 0 Å². The molecule has 4 nitrogen and oxygen atoms in total. The molecule has 0 fully saturated rings. The predicted octanol–water partition coefficient (Wildman–Crippen LogP) is 4.77. The van der Waals surface area contributed by atoms with Crippen molar-refractivity contribution in [1.29, 1.82) is 0 Å². The molecule has 104 valence electrons. The van der Waals surface area contributed by atoms with Gasteiger partial charge in [-0.2, -0.15) is 5.11 Å². The Morgan fingerprint density at radius 2 is 1.75 bits per heavy atom. The molecule has 0 atom stereocenters. The number of hydrogen-bond donors (Lipinski definition) is 1. The van der Waals surface area contributed by atoms with Gasteiger partial charge in [0.2, 0.25) is 0 Å². The normalized spacial score (nSPS) is 10.9. The van der Waals surface area contributed by atoms with Crippen LogP contribution in [0.15, 0.2) is 52.7 Å². The molecule has 0 amide bonds. The Bertz CT molecular complexity index is 592. The van der Waals surface area contributed by atoms with Crippen LogP contribution in [0.2, 0.25) is 0 Å². The summed E-state index contributed by atoms with van der Waals surface area (Å²) < 4.78 is 5.36. The van der Waals surface area contributed by atoms with Crippen molar-refractivity contribution in [3.63, 3.8) is 0 Å². The van der Waals surface area contributed by atoms with Gasteiger partial charge in [-0.1, -0.05) is 13.0 Å². The molecular formula is C16H18N2O2. The van der Waals surface area contributed by atoms with Crippen LogP contribution >= 0.6 is 0 Å². The summed E-state index contributed by atoms with van der Waals surface area (Å²) in [5.74, 6) is 0.944. The molecule has 0 radical (unpaired) electrons. The maximum absolute atomic E-state index is 9.75. The van der Waals surface area contributed by atoms with Gasteiger partial charge < -0.3 is 9.84 Å². The molecule has 0 aromatic heterocycles. The van der Waals surface area contributed by atoms with E-state index >= 15 is 0 Å². The highest BCUT2D eigenvalue weighted by molar-refractivity contribution is 5.53. The molecule has 4 heteroatoms. The largest absolute Gasteiger partial charge is 0.506 e. The van der Waals surface area contributed by atoms with Crippen molar-refractivity contribution in [3.05, 3.63) is 48.0 Å². The molecule has 0 saturated heterocycles. The summed E-state index contributed by atoms with van der Waals surface area (Å²) in [5, 5.41) is 18.0. The van der Waals surface area contributed by atoms with Crippen LogP contribution in [0.1, 0.15) is 19.4 Å². The minimum absolute atomic E-state index is 0.136. The minimum Gasteiger partial charge on any atom is -0.506 e. The number of benzene rings is 2. The molecule has 0 spiro atoms. The van der Waals surface area contributed by atoms with E-state index in [0.29, 0.717) is 12.3 Å². The molecule has 20 heavy (non-hydrogen) atoms. The number of aromatic hydroxyl groups is 1. The highest BCUT2D eigenvalue weighted by Gasteiger charge is 2.01. The van der Waals surface area contributed by atoms with Crippen LogP contribution in [0.4, 0.5) is 11.4 Å². The zero-order chi connectivity index (χ0) is 14.4. The van der Waals surface area contributed by atoms with Crippen molar-refractivity contribution in [1.82, 2.24) is 0 Å². The third-order valence-corrected chi connectivity index (χ3v) is 2.87. The van der Waals surface area contributed by atoms with Gasteiger partial charge in [0, 0.05) is 0 Å². The van der Waals surface area contributed by atoms with Gasteiger partial charge in [0.1, 0.15) is 17.2 Å². The third-order valence-electron chi connectivity index (χ3n) is 2.87. The summed E-state index contributed by atoms with van der Waals surface area (Å²) >= 11 is 0. The van der Waals surface area contributed by atoms with Gasteiger partial charge in [-0.3, -0.25) is 0 Å². The number of hydrogen-bond acceptors (Lipinski definition) is 4.